The predicted molar refractivity (Wildman–Crippen MR) is 81.7 cm³/mol. The van der Waals surface area contributed by atoms with Crippen molar-refractivity contribution in [3.8, 4) is 0 Å². The number of benzene rings is 1. The smallest absolute Gasteiger partial charge is 0.243 e. The minimum Gasteiger partial charge on any atom is -0.399 e. The molecule has 1 aliphatic heterocycles. The maximum absolute atomic E-state index is 12.3. The number of halogens is 1. The largest absolute Gasteiger partial charge is 0.399 e. The lowest BCUT2D eigenvalue weighted by Crippen LogP contribution is -2.38. The Bertz CT molecular complexity index is 550. The second-order valence-electron chi connectivity index (χ2n) is 4.86. The number of nitrogens with two attached hydrogens (primary N) is 1. The Morgan fingerprint density at radius 1 is 1.50 bits per heavy atom. The van der Waals surface area contributed by atoms with Crippen molar-refractivity contribution in [2.24, 2.45) is 0 Å². The summed E-state index contributed by atoms with van der Waals surface area (Å²) in [4.78, 5) is 26.4. The van der Waals surface area contributed by atoms with Crippen LogP contribution in [0.3, 0.4) is 0 Å². The quantitative estimate of drug-likeness (QED) is 0.686. The normalized spacial score (nSPS) is 20.6. The molecule has 0 aromatic heterocycles. The molecule has 20 heavy (non-hydrogen) atoms. The number of rotatable bonds is 4. The van der Waals surface area contributed by atoms with Crippen LogP contribution in [-0.2, 0) is 9.59 Å². The molecule has 4 nitrogen and oxygen atoms in total. The average Bonchev–Trinajstić information content (AvgIpc) is 2.67. The van der Waals surface area contributed by atoms with Crippen LogP contribution in [0, 0.1) is 0 Å². The number of thioether (sulfide) groups is 1. The zero-order valence-corrected chi connectivity index (χ0v) is 13.0. The van der Waals surface area contributed by atoms with E-state index in [9.17, 15) is 9.59 Å². The first-order valence-electron chi connectivity index (χ1n) is 6.51. The van der Waals surface area contributed by atoms with Gasteiger partial charge in [0.25, 0.3) is 0 Å². The second-order valence-corrected chi connectivity index (χ2v) is 6.51. The predicted octanol–water partition coefficient (Wildman–Crippen LogP) is 2.94. The van der Waals surface area contributed by atoms with Crippen LogP contribution in [-0.4, -0.2) is 28.0 Å². The van der Waals surface area contributed by atoms with Gasteiger partial charge in [-0.15, -0.1) is 11.8 Å². The third-order valence-electron chi connectivity index (χ3n) is 3.40. The molecule has 0 radical (unpaired) electrons. The van der Waals surface area contributed by atoms with Gasteiger partial charge in [-0.2, -0.15) is 0 Å². The van der Waals surface area contributed by atoms with Crippen molar-refractivity contribution in [2.45, 2.75) is 42.9 Å². The highest BCUT2D eigenvalue weighted by Gasteiger charge is 2.41. The lowest BCUT2D eigenvalue weighted by Gasteiger charge is -2.21. The topological polar surface area (TPSA) is 63.4 Å². The van der Waals surface area contributed by atoms with E-state index in [1.165, 1.54) is 16.7 Å². The fourth-order valence-electron chi connectivity index (χ4n) is 2.13. The zero-order valence-electron chi connectivity index (χ0n) is 11.4. The molecule has 0 bridgehead atoms. The van der Waals surface area contributed by atoms with E-state index < -0.39 is 5.25 Å². The Kier molecular flexibility index (Phi) is 4.60. The summed E-state index contributed by atoms with van der Waals surface area (Å²) in [6.45, 7) is 3.85. The molecule has 2 N–H and O–H groups in total. The van der Waals surface area contributed by atoms with Gasteiger partial charge >= 0.3 is 0 Å². The van der Waals surface area contributed by atoms with Gasteiger partial charge in [-0.25, -0.2) is 0 Å². The van der Waals surface area contributed by atoms with E-state index in [1.54, 1.807) is 18.2 Å². The Morgan fingerprint density at radius 3 is 2.80 bits per heavy atom. The minimum atomic E-state index is -0.391. The molecule has 0 aliphatic carbocycles. The molecular formula is C14H17ClN2O2S. The van der Waals surface area contributed by atoms with Crippen molar-refractivity contribution in [3.05, 3.63) is 23.2 Å². The fraction of sp³-hybridized carbons (Fsp3) is 0.429. The molecule has 1 fully saturated rings. The van der Waals surface area contributed by atoms with E-state index in [4.69, 9.17) is 17.3 Å². The lowest BCUT2D eigenvalue weighted by atomic mass is 10.2. The molecule has 1 aliphatic rings. The van der Waals surface area contributed by atoms with Crippen LogP contribution in [0.15, 0.2) is 23.1 Å². The third kappa shape index (κ3) is 2.94. The maximum Gasteiger partial charge on any atom is 0.243 e. The molecule has 2 amide bonds. The van der Waals surface area contributed by atoms with Gasteiger partial charge in [-0.1, -0.05) is 18.5 Å². The summed E-state index contributed by atoms with van der Waals surface area (Å²) in [7, 11) is 0. The van der Waals surface area contributed by atoms with Gasteiger partial charge in [0.2, 0.25) is 11.8 Å². The highest BCUT2D eigenvalue weighted by molar-refractivity contribution is 8.00. The number of carbonyl (C=O) groups excluding carboxylic acids is 2. The van der Waals surface area contributed by atoms with Gasteiger partial charge in [-0.05, 0) is 31.5 Å². The molecular weight excluding hydrogens is 296 g/mol. The number of nitrogens with zero attached hydrogens (tertiary/aromatic N) is 1. The van der Waals surface area contributed by atoms with Crippen LogP contribution in [0.2, 0.25) is 5.02 Å². The van der Waals surface area contributed by atoms with Crippen molar-refractivity contribution in [1.82, 2.24) is 4.90 Å². The molecule has 1 saturated heterocycles. The standard InChI is InChI=1S/C14H17ClN2O2S/c1-3-8(2)17-13(18)7-12(14(17)19)20-11-5-4-9(16)6-10(11)15/h4-6,8,12H,3,7,16H2,1-2H3. The van der Waals surface area contributed by atoms with Crippen molar-refractivity contribution in [1.29, 1.82) is 0 Å². The second kappa shape index (κ2) is 6.06. The van der Waals surface area contributed by atoms with Gasteiger partial charge in [0.15, 0.2) is 0 Å². The van der Waals surface area contributed by atoms with Crippen LogP contribution in [0.4, 0.5) is 5.69 Å². The molecule has 0 spiro atoms. The number of amides is 2. The molecule has 2 rings (SSSR count). The first-order valence-corrected chi connectivity index (χ1v) is 7.77. The third-order valence-corrected chi connectivity index (χ3v) is 5.09. The van der Waals surface area contributed by atoms with Crippen LogP contribution in [0.5, 0.6) is 0 Å². The number of likely N-dealkylation sites (tertiary alicyclic amines) is 1. The molecule has 6 heteroatoms. The van der Waals surface area contributed by atoms with Gasteiger partial charge < -0.3 is 5.73 Å². The molecule has 1 aromatic carbocycles. The average molecular weight is 313 g/mol. The van der Waals surface area contributed by atoms with Crippen molar-refractivity contribution in [3.63, 3.8) is 0 Å². The Hall–Kier alpha value is -1.20. The number of imide groups is 1. The molecule has 0 saturated carbocycles. The summed E-state index contributed by atoms with van der Waals surface area (Å²) >= 11 is 7.44. The van der Waals surface area contributed by atoms with E-state index in [1.807, 2.05) is 13.8 Å². The molecule has 2 unspecified atom stereocenters. The van der Waals surface area contributed by atoms with Crippen molar-refractivity contribution >= 4 is 40.9 Å². The summed E-state index contributed by atoms with van der Waals surface area (Å²) in [5.74, 6) is -0.226. The highest BCUT2D eigenvalue weighted by Crippen LogP contribution is 2.36. The number of hydrogen-bond donors (Lipinski definition) is 1. The number of anilines is 1. The maximum atomic E-state index is 12.3. The van der Waals surface area contributed by atoms with Gasteiger partial charge in [0.1, 0.15) is 0 Å². The van der Waals surface area contributed by atoms with Crippen LogP contribution < -0.4 is 5.73 Å². The van der Waals surface area contributed by atoms with Crippen molar-refractivity contribution in [2.75, 3.05) is 5.73 Å². The molecule has 1 heterocycles. The number of hydrogen-bond acceptors (Lipinski definition) is 4. The Balaban J connectivity index is 2.15. The first kappa shape index (κ1) is 15.2. The van der Waals surface area contributed by atoms with Gasteiger partial charge in [-0.3, -0.25) is 14.5 Å². The summed E-state index contributed by atoms with van der Waals surface area (Å²) in [5.41, 5.74) is 6.22. The van der Waals surface area contributed by atoms with E-state index in [0.717, 1.165) is 11.3 Å². The SMILES string of the molecule is CCC(C)N1C(=O)CC(Sc2ccc(N)cc2Cl)C1=O. The summed E-state index contributed by atoms with van der Waals surface area (Å²) < 4.78 is 0. The molecule has 1 aromatic rings. The zero-order chi connectivity index (χ0) is 14.9. The first-order chi connectivity index (χ1) is 9.43. The highest BCUT2D eigenvalue weighted by atomic mass is 35.5. The van der Waals surface area contributed by atoms with Crippen LogP contribution in [0.25, 0.3) is 0 Å². The minimum absolute atomic E-state index is 0.0533. The summed E-state index contributed by atoms with van der Waals surface area (Å²) in [6, 6.07) is 5.12. The fourth-order valence-corrected chi connectivity index (χ4v) is 3.51. The van der Waals surface area contributed by atoms with Crippen LogP contribution in [0.1, 0.15) is 26.7 Å². The summed E-state index contributed by atoms with van der Waals surface area (Å²) in [6.07, 6.45) is 0.992. The molecule has 2 atom stereocenters. The van der Waals surface area contributed by atoms with E-state index in [2.05, 4.69) is 0 Å². The van der Waals surface area contributed by atoms with Crippen molar-refractivity contribution < 1.29 is 9.59 Å². The Morgan fingerprint density at radius 2 is 2.20 bits per heavy atom. The molecule has 108 valence electrons. The van der Waals surface area contributed by atoms with E-state index in [0.29, 0.717) is 10.7 Å². The number of nitrogen functional groups attached to an aromatic ring is 1. The summed E-state index contributed by atoms with van der Waals surface area (Å²) in [5, 5.41) is 0.120. The van der Waals surface area contributed by atoms with Crippen LogP contribution >= 0.6 is 23.4 Å². The monoisotopic (exact) mass is 312 g/mol. The number of carbonyl (C=O) groups is 2. The van der Waals surface area contributed by atoms with Gasteiger partial charge in [0, 0.05) is 23.0 Å². The lowest BCUT2D eigenvalue weighted by molar-refractivity contribution is -0.140. The van der Waals surface area contributed by atoms with E-state index >= 15 is 0 Å². The Labute approximate surface area is 127 Å². The van der Waals surface area contributed by atoms with Gasteiger partial charge in [0.05, 0.1) is 10.3 Å². The van der Waals surface area contributed by atoms with E-state index in [-0.39, 0.29) is 24.3 Å².